The minimum absolute atomic E-state index is 0.177. The number of unbranched alkanes of at least 4 members (excludes halogenated alkanes) is 2. The van der Waals surface area contributed by atoms with Gasteiger partial charge in [0.05, 0.1) is 31.1 Å². The molecule has 0 radical (unpaired) electrons. The van der Waals surface area contributed by atoms with Gasteiger partial charge >= 0.3 is 5.97 Å². The number of rotatable bonds is 16. The van der Waals surface area contributed by atoms with Crippen molar-refractivity contribution in [2.45, 2.75) is 46.0 Å². The van der Waals surface area contributed by atoms with Crippen LogP contribution in [0.5, 0.6) is 11.5 Å². The van der Waals surface area contributed by atoms with Crippen LogP contribution in [0.3, 0.4) is 0 Å². The third kappa shape index (κ3) is 9.62. The minimum Gasteiger partial charge on any atom is -0.493 e. The van der Waals surface area contributed by atoms with Crippen molar-refractivity contribution in [3.05, 3.63) is 83.4 Å². The Hall–Kier alpha value is -4.37. The second kappa shape index (κ2) is 16.8. The number of benzene rings is 3. The molecule has 9 nitrogen and oxygen atoms in total. The van der Waals surface area contributed by atoms with Crippen LogP contribution in [-0.4, -0.2) is 51.2 Å². The number of anilines is 2. The molecule has 3 rings (SSSR count). The largest absolute Gasteiger partial charge is 0.493 e. The van der Waals surface area contributed by atoms with E-state index in [2.05, 4.69) is 5.32 Å². The highest BCUT2D eigenvalue weighted by Crippen LogP contribution is 2.30. The van der Waals surface area contributed by atoms with Crippen molar-refractivity contribution in [1.82, 2.24) is 0 Å². The first-order chi connectivity index (χ1) is 20.3. The second-order valence-corrected chi connectivity index (χ2v) is 9.82. The number of hydrogen-bond acceptors (Lipinski definition) is 7. The first kappa shape index (κ1) is 32.1. The molecule has 224 valence electrons. The number of esters is 1. The van der Waals surface area contributed by atoms with Gasteiger partial charge in [-0.15, -0.1) is 0 Å². The molecule has 0 fully saturated rings. The molecule has 0 saturated carbocycles. The number of hydrogen-bond donors (Lipinski definition) is 2. The van der Waals surface area contributed by atoms with Gasteiger partial charge in [0.15, 0.2) is 0 Å². The number of nitrogens with one attached hydrogen (secondary N) is 1. The van der Waals surface area contributed by atoms with E-state index in [0.717, 1.165) is 24.8 Å². The molecule has 2 amide bonds. The zero-order valence-electron chi connectivity index (χ0n) is 24.7. The number of carbonyl (C=O) groups excluding carboxylic acids is 3. The molecule has 0 bridgehead atoms. The van der Waals surface area contributed by atoms with Gasteiger partial charge in [-0.1, -0.05) is 18.2 Å². The van der Waals surface area contributed by atoms with E-state index in [-0.39, 0.29) is 17.8 Å². The Bertz CT molecular complexity index is 1330. The van der Waals surface area contributed by atoms with Crippen molar-refractivity contribution in [3.63, 3.8) is 0 Å². The maximum Gasteiger partial charge on any atom is 0.305 e. The summed E-state index contributed by atoms with van der Waals surface area (Å²) in [5.74, 6) is 0.410. The summed E-state index contributed by atoms with van der Waals surface area (Å²) in [6, 6.07) is 19.5. The van der Waals surface area contributed by atoms with Crippen LogP contribution in [0.4, 0.5) is 11.4 Å². The van der Waals surface area contributed by atoms with Crippen molar-refractivity contribution in [2.75, 3.05) is 43.6 Å². The summed E-state index contributed by atoms with van der Waals surface area (Å²) in [5.41, 5.74) is 8.64. The summed E-state index contributed by atoms with van der Waals surface area (Å²) in [6.45, 7) is 5.56. The highest BCUT2D eigenvalue weighted by atomic mass is 16.5. The van der Waals surface area contributed by atoms with E-state index < -0.39 is 0 Å². The fourth-order valence-corrected chi connectivity index (χ4v) is 4.22. The maximum absolute atomic E-state index is 13.4. The summed E-state index contributed by atoms with van der Waals surface area (Å²) in [6.07, 6.45) is 3.45. The van der Waals surface area contributed by atoms with Gasteiger partial charge in [-0.25, -0.2) is 0 Å². The van der Waals surface area contributed by atoms with E-state index in [0.29, 0.717) is 73.2 Å². The smallest absolute Gasteiger partial charge is 0.305 e. The van der Waals surface area contributed by atoms with Gasteiger partial charge in [0, 0.05) is 24.7 Å². The number of carbonyl (C=O) groups is 3. The van der Waals surface area contributed by atoms with Crippen molar-refractivity contribution in [1.29, 1.82) is 0 Å². The molecule has 0 aliphatic heterocycles. The summed E-state index contributed by atoms with van der Waals surface area (Å²) in [7, 11) is 1.70. The predicted molar refractivity (Wildman–Crippen MR) is 165 cm³/mol. The number of amides is 2. The molecule has 0 atom stereocenters. The maximum atomic E-state index is 13.4. The van der Waals surface area contributed by atoms with Crippen LogP contribution in [0.2, 0.25) is 0 Å². The van der Waals surface area contributed by atoms with Crippen molar-refractivity contribution in [3.8, 4) is 11.5 Å². The molecular weight excluding hydrogens is 534 g/mol. The Morgan fingerprint density at radius 1 is 0.857 bits per heavy atom. The van der Waals surface area contributed by atoms with E-state index in [9.17, 15) is 14.4 Å². The molecule has 42 heavy (non-hydrogen) atoms. The van der Waals surface area contributed by atoms with E-state index in [1.54, 1.807) is 61.3 Å². The SMILES string of the molecule is CCOC(=O)CCCCCOc1cc(C)ccc1N(C)C(=O)c1ccc(NC(=O)c2ccccc2OCCCN)cc1. The van der Waals surface area contributed by atoms with Crippen LogP contribution in [-0.2, 0) is 9.53 Å². The normalized spacial score (nSPS) is 10.6. The molecule has 0 spiro atoms. The summed E-state index contributed by atoms with van der Waals surface area (Å²) in [4.78, 5) is 39.3. The Morgan fingerprint density at radius 3 is 2.31 bits per heavy atom. The predicted octanol–water partition coefficient (Wildman–Crippen LogP) is 5.75. The number of nitrogens with zero attached hydrogens (tertiary/aromatic N) is 1. The van der Waals surface area contributed by atoms with Crippen LogP contribution < -0.4 is 25.4 Å². The lowest BCUT2D eigenvalue weighted by atomic mass is 10.1. The Labute approximate surface area is 247 Å². The number of ether oxygens (including phenoxy) is 3. The summed E-state index contributed by atoms with van der Waals surface area (Å²) >= 11 is 0. The lowest BCUT2D eigenvalue weighted by molar-refractivity contribution is -0.143. The van der Waals surface area contributed by atoms with Crippen LogP contribution in [0, 0.1) is 6.92 Å². The number of nitrogens with two attached hydrogens (primary N) is 1. The van der Waals surface area contributed by atoms with E-state index in [4.69, 9.17) is 19.9 Å². The standard InChI is InChI=1S/C33H41N3O6/c1-4-40-31(37)13-6-5-9-21-42-30-23-24(2)14-19-28(30)36(3)33(39)25-15-17-26(18-16-25)35-32(38)27-11-7-8-12-29(27)41-22-10-20-34/h7-8,11-12,14-19,23H,4-6,9-10,13,20-22,34H2,1-3H3,(H,35,38). The first-order valence-corrected chi connectivity index (χ1v) is 14.3. The lowest BCUT2D eigenvalue weighted by Gasteiger charge is -2.21. The van der Waals surface area contributed by atoms with Crippen molar-refractivity contribution >= 4 is 29.2 Å². The summed E-state index contributed by atoms with van der Waals surface area (Å²) < 4.78 is 16.7. The third-order valence-corrected chi connectivity index (χ3v) is 6.50. The van der Waals surface area contributed by atoms with Gasteiger partial charge < -0.3 is 30.2 Å². The molecule has 0 unspecified atom stereocenters. The number of aryl methyl sites for hydroxylation is 1. The molecule has 0 aliphatic carbocycles. The van der Waals surface area contributed by atoms with Crippen molar-refractivity contribution < 1.29 is 28.6 Å². The molecule has 3 aromatic rings. The quantitative estimate of drug-likeness (QED) is 0.165. The molecular formula is C33H41N3O6. The van der Waals surface area contributed by atoms with Crippen LogP contribution in [0.1, 0.15) is 65.3 Å². The van der Waals surface area contributed by atoms with Crippen molar-refractivity contribution in [2.24, 2.45) is 5.73 Å². The molecule has 0 heterocycles. The average Bonchev–Trinajstić information content (AvgIpc) is 2.99. The molecule has 0 aromatic heterocycles. The van der Waals surface area contributed by atoms with Gasteiger partial charge in [-0.2, -0.15) is 0 Å². The van der Waals surface area contributed by atoms with E-state index >= 15 is 0 Å². The lowest BCUT2D eigenvalue weighted by Crippen LogP contribution is -2.27. The highest BCUT2D eigenvalue weighted by Gasteiger charge is 2.18. The monoisotopic (exact) mass is 575 g/mol. The van der Waals surface area contributed by atoms with Gasteiger partial charge in [0.2, 0.25) is 0 Å². The first-order valence-electron chi connectivity index (χ1n) is 14.3. The van der Waals surface area contributed by atoms with E-state index in [1.807, 2.05) is 31.2 Å². The zero-order valence-corrected chi connectivity index (χ0v) is 24.7. The second-order valence-electron chi connectivity index (χ2n) is 9.82. The van der Waals surface area contributed by atoms with Crippen LogP contribution >= 0.6 is 0 Å². The van der Waals surface area contributed by atoms with Gasteiger partial charge in [0.1, 0.15) is 11.5 Å². The average molecular weight is 576 g/mol. The fraction of sp³-hybridized carbons (Fsp3) is 0.364. The van der Waals surface area contributed by atoms with Crippen LogP contribution in [0.25, 0.3) is 0 Å². The Balaban J connectivity index is 1.60. The minimum atomic E-state index is -0.308. The topological polar surface area (TPSA) is 120 Å². The van der Waals surface area contributed by atoms with E-state index in [1.165, 1.54) is 0 Å². The molecule has 0 saturated heterocycles. The van der Waals surface area contributed by atoms with Gasteiger partial charge in [0.25, 0.3) is 11.8 Å². The molecule has 9 heteroatoms. The highest BCUT2D eigenvalue weighted by molar-refractivity contribution is 6.08. The third-order valence-electron chi connectivity index (χ3n) is 6.50. The molecule has 3 aromatic carbocycles. The Kier molecular flexibility index (Phi) is 12.9. The molecule has 3 N–H and O–H groups in total. The van der Waals surface area contributed by atoms with Gasteiger partial charge in [-0.3, -0.25) is 14.4 Å². The summed E-state index contributed by atoms with van der Waals surface area (Å²) in [5, 5.41) is 2.87. The Morgan fingerprint density at radius 2 is 1.57 bits per heavy atom. The van der Waals surface area contributed by atoms with Crippen LogP contribution in [0.15, 0.2) is 66.7 Å². The molecule has 0 aliphatic rings. The fourth-order valence-electron chi connectivity index (χ4n) is 4.22. The number of para-hydroxylation sites is 1. The van der Waals surface area contributed by atoms with Gasteiger partial charge in [-0.05, 0) is 100 Å². The zero-order chi connectivity index (χ0) is 30.3.